The first kappa shape index (κ1) is 10.5. The third-order valence-corrected chi connectivity index (χ3v) is 1.94. The van der Waals surface area contributed by atoms with Gasteiger partial charge < -0.3 is 14.9 Å². The van der Waals surface area contributed by atoms with Crippen LogP contribution in [0.15, 0.2) is 24.3 Å². The Bertz CT molecular complexity index is 322. The van der Waals surface area contributed by atoms with Gasteiger partial charge in [-0.15, -0.1) is 0 Å². The first-order valence-corrected chi connectivity index (χ1v) is 4.16. The lowest BCUT2D eigenvalue weighted by Gasteiger charge is -2.12. The van der Waals surface area contributed by atoms with Crippen molar-refractivity contribution in [3.05, 3.63) is 29.8 Å². The molecule has 0 aliphatic rings. The summed E-state index contributed by atoms with van der Waals surface area (Å²) >= 11 is 0. The number of aliphatic carboxylic acids is 1. The van der Waals surface area contributed by atoms with E-state index < -0.39 is 11.9 Å². The van der Waals surface area contributed by atoms with E-state index in [0.29, 0.717) is 5.56 Å². The predicted octanol–water partition coefficient (Wildman–Crippen LogP) is 1.21. The van der Waals surface area contributed by atoms with Crippen molar-refractivity contribution in [3.8, 4) is 5.75 Å². The Balaban J connectivity index is 2.99. The Hall–Kier alpha value is -1.55. The molecule has 4 heteroatoms. The van der Waals surface area contributed by atoms with Crippen molar-refractivity contribution in [1.82, 2.24) is 0 Å². The number of carboxylic acids is 1. The molecule has 0 bridgehead atoms. The zero-order valence-corrected chi connectivity index (χ0v) is 7.80. The van der Waals surface area contributed by atoms with Gasteiger partial charge in [0.15, 0.2) is 0 Å². The highest BCUT2D eigenvalue weighted by molar-refractivity contribution is 5.77. The summed E-state index contributed by atoms with van der Waals surface area (Å²) in [6.45, 7) is 0.0485. The van der Waals surface area contributed by atoms with E-state index in [9.17, 15) is 9.90 Å². The average molecular weight is 196 g/mol. The smallest absolute Gasteiger partial charge is 0.313 e. The third-order valence-electron chi connectivity index (χ3n) is 1.94. The molecule has 0 heterocycles. The van der Waals surface area contributed by atoms with Gasteiger partial charge in [-0.1, -0.05) is 18.2 Å². The summed E-state index contributed by atoms with van der Waals surface area (Å²) in [5.74, 6) is -1.84. The summed E-state index contributed by atoms with van der Waals surface area (Å²) in [4.78, 5) is 10.9. The number of rotatable bonds is 4. The molecular weight excluding hydrogens is 184 g/mol. The number of hydrogen-bond acceptors (Lipinski definition) is 3. The fourth-order valence-corrected chi connectivity index (χ4v) is 1.24. The highest BCUT2D eigenvalue weighted by atomic mass is 16.5. The van der Waals surface area contributed by atoms with Gasteiger partial charge in [-0.25, -0.2) is 0 Å². The second-order valence-corrected chi connectivity index (χ2v) is 2.90. The highest BCUT2D eigenvalue weighted by Crippen LogP contribution is 2.25. The van der Waals surface area contributed by atoms with Crippen LogP contribution in [-0.4, -0.2) is 29.9 Å². The maximum Gasteiger partial charge on any atom is 0.313 e. The molecule has 4 nitrogen and oxygen atoms in total. The lowest BCUT2D eigenvalue weighted by molar-refractivity contribution is -0.140. The minimum atomic E-state index is -1.01. The van der Waals surface area contributed by atoms with Crippen molar-refractivity contribution in [1.29, 1.82) is 0 Å². The predicted molar refractivity (Wildman–Crippen MR) is 50.4 cm³/mol. The monoisotopic (exact) mass is 196 g/mol. The summed E-state index contributed by atoms with van der Waals surface area (Å²) in [5, 5.41) is 18.3. The van der Waals surface area contributed by atoms with Crippen LogP contribution in [0, 0.1) is 0 Å². The second-order valence-electron chi connectivity index (χ2n) is 2.90. The van der Waals surface area contributed by atoms with Crippen molar-refractivity contribution in [2.75, 3.05) is 13.7 Å². The standard InChI is InChI=1S/C10H12O4/c1-14-6-8(10(12)13)7-4-2-3-5-9(7)11/h2-5,8,11H,6H2,1H3,(H,12,13). The molecule has 0 amide bonds. The minimum absolute atomic E-state index is 0.0167. The fourth-order valence-electron chi connectivity index (χ4n) is 1.24. The van der Waals surface area contributed by atoms with E-state index in [1.165, 1.54) is 13.2 Å². The van der Waals surface area contributed by atoms with Crippen molar-refractivity contribution >= 4 is 5.97 Å². The highest BCUT2D eigenvalue weighted by Gasteiger charge is 2.22. The molecule has 0 fully saturated rings. The van der Waals surface area contributed by atoms with Crippen LogP contribution in [0.25, 0.3) is 0 Å². The molecule has 14 heavy (non-hydrogen) atoms. The minimum Gasteiger partial charge on any atom is -0.508 e. The lowest BCUT2D eigenvalue weighted by Crippen LogP contribution is -2.16. The number of benzene rings is 1. The molecule has 0 saturated carbocycles. The van der Waals surface area contributed by atoms with E-state index in [1.807, 2.05) is 0 Å². The molecule has 0 aromatic heterocycles. The second kappa shape index (κ2) is 4.62. The number of ether oxygens (including phenoxy) is 1. The number of phenolic OH excluding ortho intramolecular Hbond substituents is 1. The van der Waals surface area contributed by atoms with Crippen LogP contribution >= 0.6 is 0 Å². The number of hydrogen-bond donors (Lipinski definition) is 2. The third kappa shape index (κ3) is 2.23. The van der Waals surface area contributed by atoms with Crippen LogP contribution < -0.4 is 0 Å². The summed E-state index contributed by atoms with van der Waals surface area (Å²) in [6.07, 6.45) is 0. The first-order valence-electron chi connectivity index (χ1n) is 4.16. The Morgan fingerprint density at radius 2 is 2.14 bits per heavy atom. The Morgan fingerprint density at radius 1 is 1.50 bits per heavy atom. The van der Waals surface area contributed by atoms with Crippen LogP contribution in [0.5, 0.6) is 5.75 Å². The van der Waals surface area contributed by atoms with Crippen molar-refractivity contribution in [2.45, 2.75) is 5.92 Å². The molecule has 0 saturated heterocycles. The van der Waals surface area contributed by atoms with Gasteiger partial charge in [0.1, 0.15) is 11.7 Å². The largest absolute Gasteiger partial charge is 0.508 e. The topological polar surface area (TPSA) is 66.8 Å². The number of carboxylic acid groups (broad SMARTS) is 1. The number of methoxy groups -OCH3 is 1. The molecule has 0 radical (unpaired) electrons. The van der Waals surface area contributed by atoms with Gasteiger partial charge in [-0.05, 0) is 6.07 Å². The molecule has 0 aliphatic carbocycles. The van der Waals surface area contributed by atoms with Gasteiger partial charge >= 0.3 is 5.97 Å². The number of aromatic hydroxyl groups is 1. The fraction of sp³-hybridized carbons (Fsp3) is 0.300. The van der Waals surface area contributed by atoms with E-state index in [2.05, 4.69) is 0 Å². The number of para-hydroxylation sites is 1. The molecule has 1 aromatic rings. The molecule has 1 atom stereocenters. The quantitative estimate of drug-likeness (QED) is 0.759. The van der Waals surface area contributed by atoms with E-state index in [-0.39, 0.29) is 12.4 Å². The van der Waals surface area contributed by atoms with E-state index in [4.69, 9.17) is 9.84 Å². The number of carbonyl (C=O) groups is 1. The van der Waals surface area contributed by atoms with Crippen LogP contribution in [-0.2, 0) is 9.53 Å². The van der Waals surface area contributed by atoms with Gasteiger partial charge in [0, 0.05) is 12.7 Å². The zero-order valence-electron chi connectivity index (χ0n) is 7.80. The van der Waals surface area contributed by atoms with E-state index >= 15 is 0 Å². The molecule has 0 aliphatic heterocycles. The first-order chi connectivity index (χ1) is 6.66. The van der Waals surface area contributed by atoms with Crippen LogP contribution in [0.3, 0.4) is 0 Å². The lowest BCUT2D eigenvalue weighted by atomic mass is 9.99. The van der Waals surface area contributed by atoms with E-state index in [1.54, 1.807) is 18.2 Å². The number of phenols is 1. The summed E-state index contributed by atoms with van der Waals surface area (Å²) < 4.78 is 4.78. The van der Waals surface area contributed by atoms with Crippen molar-refractivity contribution < 1.29 is 19.7 Å². The molecule has 2 N–H and O–H groups in total. The molecular formula is C10H12O4. The molecule has 0 spiro atoms. The average Bonchev–Trinajstić information content (AvgIpc) is 2.15. The normalized spacial score (nSPS) is 12.4. The SMILES string of the molecule is COCC(C(=O)O)c1ccccc1O. The maximum atomic E-state index is 10.9. The summed E-state index contributed by atoms with van der Waals surface area (Å²) in [7, 11) is 1.43. The van der Waals surface area contributed by atoms with Gasteiger partial charge in [0.25, 0.3) is 0 Å². The van der Waals surface area contributed by atoms with Gasteiger partial charge in [0.2, 0.25) is 0 Å². The van der Waals surface area contributed by atoms with Crippen molar-refractivity contribution in [2.24, 2.45) is 0 Å². The summed E-state index contributed by atoms with van der Waals surface area (Å²) in [5.41, 5.74) is 0.377. The summed E-state index contributed by atoms with van der Waals surface area (Å²) in [6, 6.07) is 6.36. The van der Waals surface area contributed by atoms with Gasteiger partial charge in [-0.3, -0.25) is 4.79 Å². The molecule has 1 rings (SSSR count). The van der Waals surface area contributed by atoms with Crippen LogP contribution in [0.1, 0.15) is 11.5 Å². The maximum absolute atomic E-state index is 10.9. The molecule has 76 valence electrons. The Morgan fingerprint density at radius 3 is 2.64 bits per heavy atom. The molecule has 1 unspecified atom stereocenters. The van der Waals surface area contributed by atoms with E-state index in [0.717, 1.165) is 0 Å². The zero-order chi connectivity index (χ0) is 10.6. The van der Waals surface area contributed by atoms with Gasteiger partial charge in [0.05, 0.1) is 6.61 Å². The van der Waals surface area contributed by atoms with Crippen LogP contribution in [0.4, 0.5) is 0 Å². The van der Waals surface area contributed by atoms with Crippen molar-refractivity contribution in [3.63, 3.8) is 0 Å². The Labute approximate surface area is 81.8 Å². The molecule has 1 aromatic carbocycles. The van der Waals surface area contributed by atoms with Gasteiger partial charge in [-0.2, -0.15) is 0 Å². The van der Waals surface area contributed by atoms with Crippen LogP contribution in [0.2, 0.25) is 0 Å². The Kier molecular flexibility index (Phi) is 3.48.